The average Bonchev–Trinajstić information content (AvgIpc) is 2.96. The number of aliphatic imine (C=N–C) groups is 1. The highest BCUT2D eigenvalue weighted by Crippen LogP contribution is 2.45. The summed E-state index contributed by atoms with van der Waals surface area (Å²) in [4.78, 5) is 33.7. The Labute approximate surface area is 228 Å². The third kappa shape index (κ3) is 5.79. The molecule has 0 radical (unpaired) electrons. The van der Waals surface area contributed by atoms with Gasteiger partial charge in [-0.15, -0.1) is 0 Å². The molecule has 2 aromatic carbocycles. The van der Waals surface area contributed by atoms with Gasteiger partial charge in [-0.25, -0.2) is 0 Å². The lowest BCUT2D eigenvalue weighted by molar-refractivity contribution is -0.148. The van der Waals surface area contributed by atoms with E-state index in [4.69, 9.17) is 19.2 Å². The number of carbonyl (C=O) groups excluding carboxylic acids is 2. The van der Waals surface area contributed by atoms with Gasteiger partial charge in [0.15, 0.2) is 11.5 Å². The van der Waals surface area contributed by atoms with E-state index in [0.717, 1.165) is 47.2 Å². The number of methoxy groups -OCH3 is 2. The molecule has 39 heavy (non-hydrogen) atoms. The Balaban J connectivity index is 1.39. The highest BCUT2D eigenvalue weighted by Gasteiger charge is 2.38. The van der Waals surface area contributed by atoms with Crippen LogP contribution in [0.5, 0.6) is 11.5 Å². The molecule has 2 aliphatic rings. The maximum Gasteiger partial charge on any atom is 0.302 e. The predicted octanol–water partition coefficient (Wildman–Crippen LogP) is 4.49. The van der Waals surface area contributed by atoms with Crippen LogP contribution in [0.15, 0.2) is 65.9 Å². The lowest BCUT2D eigenvalue weighted by Crippen LogP contribution is -2.36. The normalized spacial score (nSPS) is 19.7. The molecule has 1 aliphatic carbocycles. The highest BCUT2D eigenvalue weighted by atomic mass is 16.5. The number of hydrogen-bond acceptors (Lipinski definition) is 7. The molecule has 3 atom stereocenters. The molecular weight excluding hydrogens is 494 g/mol. The molecule has 0 bridgehead atoms. The zero-order chi connectivity index (χ0) is 27.4. The minimum Gasteiger partial charge on any atom is -0.493 e. The molecule has 8 heteroatoms. The molecule has 3 aromatic rings. The van der Waals surface area contributed by atoms with Crippen molar-refractivity contribution in [2.75, 3.05) is 20.8 Å². The Morgan fingerprint density at radius 1 is 1.03 bits per heavy atom. The molecule has 3 unspecified atom stereocenters. The predicted molar refractivity (Wildman–Crippen MR) is 148 cm³/mol. The Hall–Kier alpha value is -4.20. The van der Waals surface area contributed by atoms with Gasteiger partial charge in [0.2, 0.25) is 0 Å². The van der Waals surface area contributed by atoms with Crippen molar-refractivity contribution in [3.8, 4) is 11.5 Å². The van der Waals surface area contributed by atoms with Gasteiger partial charge in [0, 0.05) is 48.5 Å². The summed E-state index contributed by atoms with van der Waals surface area (Å²) in [5.74, 6) is 1.01. The van der Waals surface area contributed by atoms with Gasteiger partial charge in [0.1, 0.15) is 6.10 Å². The lowest BCUT2D eigenvalue weighted by Gasteiger charge is -2.38. The van der Waals surface area contributed by atoms with E-state index in [0.29, 0.717) is 30.0 Å². The second-order valence-corrected chi connectivity index (χ2v) is 9.94. The molecule has 8 nitrogen and oxygen atoms in total. The highest BCUT2D eigenvalue weighted by molar-refractivity contribution is 6.15. The van der Waals surface area contributed by atoms with Crippen molar-refractivity contribution >= 4 is 17.6 Å². The van der Waals surface area contributed by atoms with Crippen LogP contribution in [0.3, 0.4) is 0 Å². The average molecular weight is 528 g/mol. The molecule has 1 amide bonds. The van der Waals surface area contributed by atoms with E-state index >= 15 is 0 Å². The van der Waals surface area contributed by atoms with Gasteiger partial charge >= 0.3 is 5.97 Å². The first-order valence-corrected chi connectivity index (χ1v) is 13.3. The molecule has 1 aromatic heterocycles. The molecule has 0 saturated heterocycles. The van der Waals surface area contributed by atoms with Gasteiger partial charge in [-0.05, 0) is 67.1 Å². The van der Waals surface area contributed by atoms with Crippen molar-refractivity contribution in [1.82, 2.24) is 10.3 Å². The zero-order valence-corrected chi connectivity index (χ0v) is 22.5. The summed E-state index contributed by atoms with van der Waals surface area (Å²) in [6.07, 6.45) is 6.44. The summed E-state index contributed by atoms with van der Waals surface area (Å²) >= 11 is 0. The summed E-state index contributed by atoms with van der Waals surface area (Å²) < 4.78 is 16.8. The second kappa shape index (κ2) is 11.7. The van der Waals surface area contributed by atoms with E-state index in [1.54, 1.807) is 20.4 Å². The van der Waals surface area contributed by atoms with Crippen molar-refractivity contribution in [2.45, 2.75) is 50.7 Å². The summed E-state index contributed by atoms with van der Waals surface area (Å²) in [6.45, 7) is 1.99. The monoisotopic (exact) mass is 527 g/mol. The van der Waals surface area contributed by atoms with Crippen molar-refractivity contribution in [1.29, 1.82) is 0 Å². The fourth-order valence-corrected chi connectivity index (χ4v) is 5.57. The van der Waals surface area contributed by atoms with E-state index in [1.165, 1.54) is 6.92 Å². The molecule has 1 N–H and O–H groups in total. The van der Waals surface area contributed by atoms with Crippen LogP contribution in [-0.4, -0.2) is 55.5 Å². The number of esters is 1. The third-order valence-electron chi connectivity index (χ3n) is 7.45. The first-order chi connectivity index (χ1) is 19.0. The molecular formula is C31H33N3O5. The second-order valence-electron chi connectivity index (χ2n) is 9.94. The largest absolute Gasteiger partial charge is 0.493 e. The Morgan fingerprint density at radius 2 is 1.79 bits per heavy atom. The van der Waals surface area contributed by atoms with E-state index in [9.17, 15) is 9.59 Å². The standard InChI is InChI=1S/C31H33N3O5/c1-19(35)39-23-10-11-27-25(15-23)24-16-28(37-2)29(38-3)17-26(24)30(34-27)21-6-8-22(9-7-21)31(36)33-14-12-20-5-4-13-32-18-20/h4-9,13,16-18,23,25,27H,10-12,14-15H2,1-3H3,(H,33,36). The van der Waals surface area contributed by atoms with E-state index in [2.05, 4.69) is 10.3 Å². The van der Waals surface area contributed by atoms with Gasteiger partial charge < -0.3 is 19.5 Å². The number of ether oxygens (including phenoxy) is 3. The third-order valence-corrected chi connectivity index (χ3v) is 7.45. The van der Waals surface area contributed by atoms with Crippen molar-refractivity contribution in [3.63, 3.8) is 0 Å². The summed E-state index contributed by atoms with van der Waals surface area (Å²) in [5.41, 5.74) is 5.53. The van der Waals surface area contributed by atoms with Crippen molar-refractivity contribution < 1.29 is 23.8 Å². The Bertz CT molecular complexity index is 1370. The van der Waals surface area contributed by atoms with Gasteiger partial charge in [-0.1, -0.05) is 18.2 Å². The number of aromatic nitrogens is 1. The first kappa shape index (κ1) is 26.4. The van der Waals surface area contributed by atoms with Crippen LogP contribution in [0.1, 0.15) is 64.7 Å². The Morgan fingerprint density at radius 3 is 2.49 bits per heavy atom. The first-order valence-electron chi connectivity index (χ1n) is 13.3. The SMILES string of the molecule is COc1cc2c(cc1OC)C1CC(OC(C)=O)CCC1N=C2c1ccc(C(=O)NCCc2cccnc2)cc1. The number of hydrogen-bond donors (Lipinski definition) is 1. The van der Waals surface area contributed by atoms with E-state index in [-0.39, 0.29) is 29.9 Å². The number of nitrogens with one attached hydrogen (secondary N) is 1. The number of amides is 1. The van der Waals surface area contributed by atoms with Crippen LogP contribution < -0.4 is 14.8 Å². The smallest absolute Gasteiger partial charge is 0.302 e. The van der Waals surface area contributed by atoms with Gasteiger partial charge in [-0.3, -0.25) is 19.6 Å². The maximum atomic E-state index is 12.7. The minimum absolute atomic E-state index is 0.0628. The van der Waals surface area contributed by atoms with Crippen LogP contribution in [0.25, 0.3) is 0 Å². The minimum atomic E-state index is -0.257. The molecule has 0 spiro atoms. The fraction of sp³-hybridized carbons (Fsp3) is 0.355. The van der Waals surface area contributed by atoms with Crippen molar-refractivity contribution in [2.24, 2.45) is 4.99 Å². The summed E-state index contributed by atoms with van der Waals surface area (Å²) in [7, 11) is 3.24. The topological polar surface area (TPSA) is 99.1 Å². The summed E-state index contributed by atoms with van der Waals surface area (Å²) in [6, 6.07) is 15.5. The van der Waals surface area contributed by atoms with Gasteiger partial charge in [0.05, 0.1) is 26.0 Å². The number of fused-ring (bicyclic) bond motifs is 3. The quantitative estimate of drug-likeness (QED) is 0.434. The van der Waals surface area contributed by atoms with Gasteiger partial charge in [0.25, 0.3) is 5.91 Å². The number of rotatable bonds is 8. The molecule has 1 saturated carbocycles. The molecule has 1 aliphatic heterocycles. The van der Waals surface area contributed by atoms with E-state index < -0.39 is 0 Å². The van der Waals surface area contributed by atoms with Crippen molar-refractivity contribution in [3.05, 3.63) is 88.7 Å². The van der Waals surface area contributed by atoms with Crippen LogP contribution in [0.2, 0.25) is 0 Å². The van der Waals surface area contributed by atoms with Gasteiger partial charge in [-0.2, -0.15) is 0 Å². The number of pyridine rings is 1. The number of nitrogens with zero attached hydrogens (tertiary/aromatic N) is 2. The number of carbonyl (C=O) groups is 2. The van der Waals surface area contributed by atoms with E-state index in [1.807, 2.05) is 54.7 Å². The summed E-state index contributed by atoms with van der Waals surface area (Å²) in [5, 5.41) is 2.98. The van der Waals surface area contributed by atoms with Crippen LogP contribution in [-0.2, 0) is 16.0 Å². The fourth-order valence-electron chi connectivity index (χ4n) is 5.57. The Kier molecular flexibility index (Phi) is 7.91. The van der Waals surface area contributed by atoms with Crippen LogP contribution in [0, 0.1) is 0 Å². The molecule has 1 fully saturated rings. The number of benzene rings is 2. The lowest BCUT2D eigenvalue weighted by atomic mass is 9.74. The zero-order valence-electron chi connectivity index (χ0n) is 22.5. The van der Waals surface area contributed by atoms with Crippen LogP contribution >= 0.6 is 0 Å². The van der Waals surface area contributed by atoms with Crippen LogP contribution in [0.4, 0.5) is 0 Å². The molecule has 202 valence electrons. The molecule has 2 heterocycles. The molecule has 5 rings (SSSR count). The maximum absolute atomic E-state index is 12.7.